The second-order valence-corrected chi connectivity index (χ2v) is 8.49. The Morgan fingerprint density at radius 2 is 2.17 bits per heavy atom. The number of nitrogens with one attached hydrogen (secondary N) is 1. The fourth-order valence-electron chi connectivity index (χ4n) is 1.82. The van der Waals surface area contributed by atoms with Gasteiger partial charge in [0, 0.05) is 0 Å². The number of hydrogen-bond acceptors (Lipinski definition) is 8. The highest BCUT2D eigenvalue weighted by Crippen LogP contribution is 2.31. The van der Waals surface area contributed by atoms with E-state index in [2.05, 4.69) is 20.5 Å². The normalized spacial score (nSPS) is 12.3. The van der Waals surface area contributed by atoms with Crippen molar-refractivity contribution in [1.29, 1.82) is 0 Å². The number of carbonyl (C=O) groups excluding carboxylic acids is 1. The van der Waals surface area contributed by atoms with E-state index in [0.29, 0.717) is 5.13 Å². The average Bonchev–Trinajstić information content (AvgIpc) is 3.11. The standard InChI is InChI=1S/C14H14N4O2S3/c1-7(21-14-18-17-8(2)22-14)12(19)16-13-15-10-5-4-9(20-3)6-11(10)23-13/h4-7H,1-3H3,(H,15,16,19). The number of benzene rings is 1. The van der Waals surface area contributed by atoms with Crippen LogP contribution in [0.15, 0.2) is 22.5 Å². The van der Waals surface area contributed by atoms with Gasteiger partial charge in [-0.3, -0.25) is 4.79 Å². The number of aromatic nitrogens is 3. The first kappa shape index (κ1) is 16.2. The number of ether oxygens (including phenoxy) is 1. The number of methoxy groups -OCH3 is 1. The van der Waals surface area contributed by atoms with Gasteiger partial charge in [-0.05, 0) is 32.0 Å². The number of thiazole rings is 1. The van der Waals surface area contributed by atoms with Crippen LogP contribution in [0.3, 0.4) is 0 Å². The molecule has 1 aromatic carbocycles. The summed E-state index contributed by atoms with van der Waals surface area (Å²) in [5.41, 5.74) is 0.839. The molecule has 0 saturated heterocycles. The zero-order chi connectivity index (χ0) is 16.4. The quantitative estimate of drug-likeness (QED) is 0.696. The van der Waals surface area contributed by atoms with Crippen LogP contribution in [0.5, 0.6) is 5.75 Å². The highest BCUT2D eigenvalue weighted by molar-refractivity contribution is 8.02. The van der Waals surface area contributed by atoms with E-state index < -0.39 is 0 Å². The Bertz CT molecular complexity index is 846. The van der Waals surface area contributed by atoms with Crippen LogP contribution in [0.1, 0.15) is 11.9 Å². The van der Waals surface area contributed by atoms with Crippen molar-refractivity contribution in [1.82, 2.24) is 15.2 Å². The van der Waals surface area contributed by atoms with Gasteiger partial charge in [-0.15, -0.1) is 10.2 Å². The van der Waals surface area contributed by atoms with Crippen LogP contribution < -0.4 is 10.1 Å². The first-order chi connectivity index (χ1) is 11.0. The van der Waals surface area contributed by atoms with E-state index in [-0.39, 0.29) is 11.2 Å². The summed E-state index contributed by atoms with van der Waals surface area (Å²) in [6, 6.07) is 5.64. The third-order valence-corrected chi connectivity index (χ3v) is 5.94. The number of hydrogen-bond donors (Lipinski definition) is 1. The minimum Gasteiger partial charge on any atom is -0.497 e. The number of fused-ring (bicyclic) bond motifs is 1. The van der Waals surface area contributed by atoms with Crippen LogP contribution in [-0.4, -0.2) is 33.4 Å². The fraction of sp³-hybridized carbons (Fsp3) is 0.286. The summed E-state index contributed by atoms with van der Waals surface area (Å²) < 4.78 is 6.96. The number of anilines is 1. The van der Waals surface area contributed by atoms with Crippen molar-refractivity contribution in [2.45, 2.75) is 23.4 Å². The summed E-state index contributed by atoms with van der Waals surface area (Å²) in [6.45, 7) is 3.73. The van der Waals surface area contributed by atoms with Crippen LogP contribution in [0.4, 0.5) is 5.13 Å². The fourth-order valence-corrected chi connectivity index (χ4v) is 4.68. The molecule has 1 unspecified atom stereocenters. The summed E-state index contributed by atoms with van der Waals surface area (Å²) >= 11 is 4.30. The van der Waals surface area contributed by atoms with Gasteiger partial charge in [0.05, 0.1) is 22.6 Å². The highest BCUT2D eigenvalue weighted by Gasteiger charge is 2.18. The minimum absolute atomic E-state index is 0.103. The molecule has 1 atom stereocenters. The lowest BCUT2D eigenvalue weighted by Gasteiger charge is -2.07. The molecule has 120 valence electrons. The second kappa shape index (κ2) is 6.81. The predicted molar refractivity (Wildman–Crippen MR) is 94.8 cm³/mol. The maximum absolute atomic E-state index is 12.3. The second-order valence-electron chi connectivity index (χ2n) is 4.69. The van der Waals surface area contributed by atoms with Gasteiger partial charge in [-0.25, -0.2) is 4.98 Å². The lowest BCUT2D eigenvalue weighted by atomic mass is 10.3. The SMILES string of the molecule is COc1ccc2nc(NC(=O)C(C)Sc3nnc(C)s3)sc2c1. The van der Waals surface area contributed by atoms with Crippen LogP contribution in [0.2, 0.25) is 0 Å². The largest absolute Gasteiger partial charge is 0.497 e. The van der Waals surface area contributed by atoms with Gasteiger partial charge >= 0.3 is 0 Å². The molecule has 9 heteroatoms. The van der Waals surface area contributed by atoms with Crippen LogP contribution in [0.25, 0.3) is 10.2 Å². The number of nitrogens with zero attached hydrogens (tertiary/aromatic N) is 3. The van der Waals surface area contributed by atoms with Crippen molar-refractivity contribution < 1.29 is 9.53 Å². The number of carbonyl (C=O) groups is 1. The number of thioether (sulfide) groups is 1. The molecule has 2 heterocycles. The maximum atomic E-state index is 12.3. The summed E-state index contributed by atoms with van der Waals surface area (Å²) in [5.74, 6) is 0.670. The summed E-state index contributed by atoms with van der Waals surface area (Å²) in [5, 5.41) is 12.0. The Hall–Kier alpha value is -1.71. The first-order valence-corrected chi connectivity index (χ1v) is 9.28. The van der Waals surface area contributed by atoms with Gasteiger partial charge in [0.1, 0.15) is 10.8 Å². The molecule has 2 aromatic heterocycles. The molecule has 3 aromatic rings. The topological polar surface area (TPSA) is 77.0 Å². The monoisotopic (exact) mass is 366 g/mol. The van der Waals surface area contributed by atoms with Crippen LogP contribution >= 0.6 is 34.4 Å². The highest BCUT2D eigenvalue weighted by atomic mass is 32.2. The Balaban J connectivity index is 1.69. The summed E-state index contributed by atoms with van der Waals surface area (Å²) in [4.78, 5) is 16.7. The molecule has 3 rings (SSSR count). The van der Waals surface area contributed by atoms with Gasteiger partial charge in [0.15, 0.2) is 9.47 Å². The van der Waals surface area contributed by atoms with Gasteiger partial charge in [-0.2, -0.15) is 0 Å². The van der Waals surface area contributed by atoms with Crippen LogP contribution in [0, 0.1) is 6.92 Å². The van der Waals surface area contributed by atoms with Gasteiger partial charge in [-0.1, -0.05) is 34.4 Å². The summed E-state index contributed by atoms with van der Waals surface area (Å²) in [6.07, 6.45) is 0. The Labute approximate surface area is 145 Å². The number of rotatable bonds is 5. The molecule has 0 saturated carbocycles. The van der Waals surface area contributed by atoms with Crippen molar-refractivity contribution in [2.75, 3.05) is 12.4 Å². The van der Waals surface area contributed by atoms with Crippen molar-refractivity contribution in [3.05, 3.63) is 23.2 Å². The molecule has 23 heavy (non-hydrogen) atoms. The molecule has 0 radical (unpaired) electrons. The van der Waals surface area contributed by atoms with Crippen molar-refractivity contribution in [2.24, 2.45) is 0 Å². The van der Waals surface area contributed by atoms with E-state index in [0.717, 1.165) is 25.3 Å². The Morgan fingerprint density at radius 3 is 2.87 bits per heavy atom. The zero-order valence-corrected chi connectivity index (χ0v) is 15.1. The number of amides is 1. The number of aryl methyl sites for hydroxylation is 1. The molecule has 1 N–H and O–H groups in total. The molecular weight excluding hydrogens is 352 g/mol. The lowest BCUT2D eigenvalue weighted by Crippen LogP contribution is -2.22. The molecule has 0 spiro atoms. The smallest absolute Gasteiger partial charge is 0.239 e. The van der Waals surface area contributed by atoms with E-state index in [1.165, 1.54) is 34.4 Å². The first-order valence-electron chi connectivity index (χ1n) is 6.77. The van der Waals surface area contributed by atoms with Crippen molar-refractivity contribution >= 4 is 55.7 Å². The van der Waals surface area contributed by atoms with Crippen LogP contribution in [-0.2, 0) is 4.79 Å². The molecular formula is C14H14N4O2S3. The zero-order valence-electron chi connectivity index (χ0n) is 12.7. The van der Waals surface area contributed by atoms with E-state index in [1.54, 1.807) is 7.11 Å². The van der Waals surface area contributed by atoms with Gasteiger partial charge in [0.2, 0.25) is 5.91 Å². The van der Waals surface area contributed by atoms with Crippen molar-refractivity contribution in [3.8, 4) is 5.75 Å². The molecule has 0 aliphatic carbocycles. The molecule has 0 aliphatic heterocycles. The van der Waals surface area contributed by atoms with E-state index in [4.69, 9.17) is 4.74 Å². The third-order valence-electron chi connectivity index (χ3n) is 2.98. The summed E-state index contributed by atoms with van der Waals surface area (Å²) in [7, 11) is 1.62. The Morgan fingerprint density at radius 1 is 1.35 bits per heavy atom. The van der Waals surface area contributed by atoms with E-state index >= 15 is 0 Å². The molecule has 0 fully saturated rings. The maximum Gasteiger partial charge on any atom is 0.239 e. The Kier molecular flexibility index (Phi) is 4.79. The van der Waals surface area contributed by atoms with E-state index in [9.17, 15) is 4.79 Å². The van der Waals surface area contributed by atoms with Crippen molar-refractivity contribution in [3.63, 3.8) is 0 Å². The predicted octanol–water partition coefficient (Wildman–Crippen LogP) is 3.58. The molecule has 6 nitrogen and oxygen atoms in total. The molecule has 1 amide bonds. The van der Waals surface area contributed by atoms with Gasteiger partial charge in [0.25, 0.3) is 0 Å². The van der Waals surface area contributed by atoms with E-state index in [1.807, 2.05) is 32.0 Å². The molecule has 0 aliphatic rings. The van der Waals surface area contributed by atoms with Gasteiger partial charge < -0.3 is 10.1 Å². The third kappa shape index (κ3) is 3.80. The average molecular weight is 366 g/mol. The lowest BCUT2D eigenvalue weighted by molar-refractivity contribution is -0.115. The minimum atomic E-state index is -0.274. The molecule has 0 bridgehead atoms.